The molecule has 1 aliphatic rings. The molecule has 0 aliphatic carbocycles. The summed E-state index contributed by atoms with van der Waals surface area (Å²) in [5, 5.41) is 0. The van der Waals surface area contributed by atoms with Crippen LogP contribution in [0.25, 0.3) is 0 Å². The Bertz CT molecular complexity index is 816. The molecule has 3 heteroatoms. The molecule has 1 aromatic heterocycles. The van der Waals surface area contributed by atoms with Gasteiger partial charge >= 0.3 is 0 Å². The number of ether oxygens (including phenoxy) is 1. The third kappa shape index (κ3) is 2.48. The third-order valence-corrected chi connectivity index (χ3v) is 4.34. The lowest BCUT2D eigenvalue weighted by Gasteiger charge is -2.25. The Labute approximate surface area is 141 Å². The normalized spacial score (nSPS) is 15.6. The van der Waals surface area contributed by atoms with Crippen LogP contribution in [0.15, 0.2) is 84.0 Å². The van der Waals surface area contributed by atoms with Crippen LogP contribution in [0, 0.1) is 6.92 Å². The highest BCUT2D eigenvalue weighted by Crippen LogP contribution is 2.38. The van der Waals surface area contributed by atoms with E-state index in [1.165, 1.54) is 0 Å². The number of hydrogen-bond acceptors (Lipinski definition) is 3. The van der Waals surface area contributed by atoms with E-state index >= 15 is 0 Å². The smallest absolute Gasteiger partial charge is 0.236 e. The van der Waals surface area contributed by atoms with Gasteiger partial charge in [0, 0.05) is 6.20 Å². The molecule has 118 valence electrons. The van der Waals surface area contributed by atoms with Crippen molar-refractivity contribution in [2.45, 2.75) is 12.5 Å². The molecular formula is C21H18N2O. The van der Waals surface area contributed by atoms with Crippen LogP contribution in [0.1, 0.15) is 22.4 Å². The number of pyridine rings is 1. The van der Waals surface area contributed by atoms with Crippen molar-refractivity contribution in [1.29, 1.82) is 0 Å². The number of nitrogens with zero attached hydrogens (tertiary/aromatic N) is 2. The average molecular weight is 314 g/mol. The molecule has 0 spiro atoms. The van der Waals surface area contributed by atoms with E-state index in [4.69, 9.17) is 9.73 Å². The van der Waals surface area contributed by atoms with Gasteiger partial charge < -0.3 is 4.74 Å². The molecule has 0 atom stereocenters. The summed E-state index contributed by atoms with van der Waals surface area (Å²) < 4.78 is 5.99. The molecule has 24 heavy (non-hydrogen) atoms. The van der Waals surface area contributed by atoms with Crippen LogP contribution < -0.4 is 0 Å². The minimum absolute atomic E-state index is 0.478. The lowest BCUT2D eigenvalue weighted by molar-refractivity contribution is 0.281. The van der Waals surface area contributed by atoms with Gasteiger partial charge in [0.15, 0.2) is 0 Å². The van der Waals surface area contributed by atoms with Gasteiger partial charge in [-0.05, 0) is 29.7 Å². The predicted octanol–water partition coefficient (Wildman–Crippen LogP) is 4.11. The van der Waals surface area contributed by atoms with Crippen LogP contribution in [0.5, 0.6) is 0 Å². The summed E-state index contributed by atoms with van der Waals surface area (Å²) >= 11 is 0. The second-order valence-electron chi connectivity index (χ2n) is 6.02. The van der Waals surface area contributed by atoms with Crippen molar-refractivity contribution in [3.8, 4) is 0 Å². The highest BCUT2D eigenvalue weighted by molar-refractivity contribution is 5.94. The maximum atomic E-state index is 5.99. The van der Waals surface area contributed by atoms with Crippen molar-refractivity contribution in [3.05, 3.63) is 101 Å². The highest BCUT2D eigenvalue weighted by atomic mass is 16.5. The molecule has 0 N–H and O–H groups in total. The predicted molar refractivity (Wildman–Crippen MR) is 95.1 cm³/mol. The first-order chi connectivity index (χ1) is 11.8. The molecule has 4 rings (SSSR count). The zero-order valence-electron chi connectivity index (χ0n) is 13.5. The zero-order valence-corrected chi connectivity index (χ0v) is 13.5. The Morgan fingerprint density at radius 2 is 1.46 bits per heavy atom. The molecule has 0 bridgehead atoms. The second kappa shape index (κ2) is 5.93. The lowest BCUT2D eigenvalue weighted by atomic mass is 9.84. The molecule has 0 unspecified atom stereocenters. The van der Waals surface area contributed by atoms with Crippen LogP contribution in [-0.4, -0.2) is 17.5 Å². The molecule has 3 nitrogen and oxygen atoms in total. The van der Waals surface area contributed by atoms with Gasteiger partial charge in [-0.25, -0.2) is 4.99 Å². The minimum atomic E-state index is -0.523. The van der Waals surface area contributed by atoms with Gasteiger partial charge in [-0.3, -0.25) is 4.98 Å². The van der Waals surface area contributed by atoms with E-state index in [1.54, 1.807) is 0 Å². The second-order valence-corrected chi connectivity index (χ2v) is 6.02. The summed E-state index contributed by atoms with van der Waals surface area (Å²) in [7, 11) is 0. The van der Waals surface area contributed by atoms with Crippen molar-refractivity contribution in [2.24, 2.45) is 4.99 Å². The molecule has 0 fully saturated rings. The SMILES string of the molecule is Cc1ccc(C2=NC(c3ccccc3)(c3ccccc3)CO2)nc1. The quantitative estimate of drug-likeness (QED) is 0.729. The van der Waals surface area contributed by atoms with Gasteiger partial charge in [0.1, 0.15) is 17.8 Å². The fraction of sp³-hybridized carbons (Fsp3) is 0.143. The molecule has 0 amide bonds. The first kappa shape index (κ1) is 14.6. The van der Waals surface area contributed by atoms with Crippen LogP contribution in [0.3, 0.4) is 0 Å². The molecule has 0 radical (unpaired) electrons. The van der Waals surface area contributed by atoms with Crippen LogP contribution in [0.2, 0.25) is 0 Å². The van der Waals surface area contributed by atoms with E-state index in [1.807, 2.05) is 61.7 Å². The first-order valence-electron chi connectivity index (χ1n) is 8.05. The lowest BCUT2D eigenvalue weighted by Crippen LogP contribution is -2.26. The number of aliphatic imine (C=N–C) groups is 1. The standard InChI is InChI=1S/C21H18N2O/c1-16-12-13-19(22-14-16)20-23-21(15-24-20,17-8-4-2-5-9-17)18-10-6-3-7-11-18/h2-14H,15H2,1H3. The Kier molecular flexibility index (Phi) is 3.62. The molecule has 2 aromatic carbocycles. The molecule has 0 saturated carbocycles. The highest BCUT2D eigenvalue weighted by Gasteiger charge is 2.40. The summed E-state index contributed by atoms with van der Waals surface area (Å²) in [6, 6.07) is 24.6. The Hall–Kier alpha value is -2.94. The summed E-state index contributed by atoms with van der Waals surface area (Å²) in [5.74, 6) is 0.600. The summed E-state index contributed by atoms with van der Waals surface area (Å²) in [4.78, 5) is 9.45. The summed E-state index contributed by atoms with van der Waals surface area (Å²) in [6.45, 7) is 2.50. The summed E-state index contributed by atoms with van der Waals surface area (Å²) in [5.41, 5.74) is 3.62. The van der Waals surface area contributed by atoms with Gasteiger partial charge in [0.2, 0.25) is 5.90 Å². The third-order valence-electron chi connectivity index (χ3n) is 4.34. The molecule has 2 heterocycles. The Morgan fingerprint density at radius 3 is 2.00 bits per heavy atom. The Morgan fingerprint density at radius 1 is 0.833 bits per heavy atom. The number of aromatic nitrogens is 1. The fourth-order valence-electron chi connectivity index (χ4n) is 3.03. The maximum Gasteiger partial charge on any atom is 0.236 e. The Balaban J connectivity index is 1.85. The first-order valence-corrected chi connectivity index (χ1v) is 8.05. The number of aryl methyl sites for hydroxylation is 1. The maximum absolute atomic E-state index is 5.99. The van der Waals surface area contributed by atoms with E-state index in [-0.39, 0.29) is 0 Å². The molecule has 3 aromatic rings. The topological polar surface area (TPSA) is 34.5 Å². The zero-order chi connectivity index (χ0) is 16.4. The molecular weight excluding hydrogens is 296 g/mol. The van der Waals surface area contributed by atoms with Gasteiger partial charge in [0.25, 0.3) is 0 Å². The van der Waals surface area contributed by atoms with E-state index in [2.05, 4.69) is 29.2 Å². The van der Waals surface area contributed by atoms with E-state index in [0.29, 0.717) is 12.5 Å². The number of benzene rings is 2. The molecule has 0 saturated heterocycles. The minimum Gasteiger partial charge on any atom is -0.473 e. The van der Waals surface area contributed by atoms with Crippen molar-refractivity contribution >= 4 is 5.90 Å². The largest absolute Gasteiger partial charge is 0.473 e. The number of hydrogen-bond donors (Lipinski definition) is 0. The molecule has 1 aliphatic heterocycles. The summed E-state index contributed by atoms with van der Waals surface area (Å²) in [6.07, 6.45) is 1.84. The monoisotopic (exact) mass is 314 g/mol. The van der Waals surface area contributed by atoms with E-state index in [9.17, 15) is 0 Å². The van der Waals surface area contributed by atoms with Crippen LogP contribution >= 0.6 is 0 Å². The fourth-order valence-corrected chi connectivity index (χ4v) is 3.03. The van der Waals surface area contributed by atoms with Crippen molar-refractivity contribution in [3.63, 3.8) is 0 Å². The van der Waals surface area contributed by atoms with Gasteiger partial charge in [-0.2, -0.15) is 0 Å². The van der Waals surface area contributed by atoms with Crippen molar-refractivity contribution in [1.82, 2.24) is 4.98 Å². The van der Waals surface area contributed by atoms with Gasteiger partial charge in [-0.1, -0.05) is 66.7 Å². The van der Waals surface area contributed by atoms with Gasteiger partial charge in [0.05, 0.1) is 0 Å². The van der Waals surface area contributed by atoms with Crippen LogP contribution in [0.4, 0.5) is 0 Å². The number of rotatable bonds is 3. The van der Waals surface area contributed by atoms with Crippen molar-refractivity contribution in [2.75, 3.05) is 6.61 Å². The van der Waals surface area contributed by atoms with E-state index in [0.717, 1.165) is 22.4 Å². The van der Waals surface area contributed by atoms with E-state index < -0.39 is 5.54 Å². The van der Waals surface area contributed by atoms with Crippen molar-refractivity contribution < 1.29 is 4.74 Å². The average Bonchev–Trinajstić information content (AvgIpc) is 3.10. The van der Waals surface area contributed by atoms with Gasteiger partial charge in [-0.15, -0.1) is 0 Å². The van der Waals surface area contributed by atoms with Crippen LogP contribution in [-0.2, 0) is 10.3 Å².